The minimum Gasteiger partial charge on any atom is -0.376 e. The topological polar surface area (TPSA) is 53.6 Å². The molecule has 0 spiro atoms. The Labute approximate surface area is 116 Å². The number of piperidine rings is 1. The molecule has 1 amide bonds. The fraction of sp³-hybridized carbons (Fsp3) is 0.929. The molecule has 5 nitrogen and oxygen atoms in total. The summed E-state index contributed by atoms with van der Waals surface area (Å²) in [5.41, 5.74) is 0. The average molecular weight is 269 g/mol. The quantitative estimate of drug-likeness (QED) is 0.756. The number of ether oxygens (including phenoxy) is 1. The second-order valence-electron chi connectivity index (χ2n) is 5.68. The number of hydrogen-bond donors (Lipinski definition) is 2. The van der Waals surface area contributed by atoms with Crippen LogP contribution in [0.1, 0.15) is 32.6 Å². The lowest BCUT2D eigenvalue weighted by molar-refractivity contribution is -0.126. The summed E-state index contributed by atoms with van der Waals surface area (Å²) in [7, 11) is 2.00. The molecule has 0 bridgehead atoms. The predicted octanol–water partition coefficient (Wildman–Crippen LogP) is 0.354. The van der Waals surface area contributed by atoms with Crippen molar-refractivity contribution in [3.63, 3.8) is 0 Å². The first-order chi connectivity index (χ1) is 9.20. The Morgan fingerprint density at radius 2 is 2.26 bits per heavy atom. The van der Waals surface area contributed by atoms with Crippen molar-refractivity contribution in [1.82, 2.24) is 15.5 Å². The number of nitrogens with zero attached hydrogens (tertiary/aromatic N) is 1. The van der Waals surface area contributed by atoms with Gasteiger partial charge in [0, 0.05) is 25.7 Å². The van der Waals surface area contributed by atoms with Crippen molar-refractivity contribution in [3.05, 3.63) is 0 Å². The highest BCUT2D eigenvalue weighted by molar-refractivity contribution is 5.81. The van der Waals surface area contributed by atoms with Crippen LogP contribution >= 0.6 is 0 Å². The van der Waals surface area contributed by atoms with E-state index in [1.807, 2.05) is 14.0 Å². The van der Waals surface area contributed by atoms with Gasteiger partial charge in [-0.2, -0.15) is 0 Å². The summed E-state index contributed by atoms with van der Waals surface area (Å²) in [4.78, 5) is 14.4. The number of likely N-dealkylation sites (N-methyl/N-ethyl adjacent to an activating group) is 1. The van der Waals surface area contributed by atoms with Crippen LogP contribution in [0.5, 0.6) is 0 Å². The van der Waals surface area contributed by atoms with Crippen LogP contribution in [0.3, 0.4) is 0 Å². The van der Waals surface area contributed by atoms with Crippen LogP contribution in [0.15, 0.2) is 0 Å². The van der Waals surface area contributed by atoms with E-state index in [-0.39, 0.29) is 18.1 Å². The minimum absolute atomic E-state index is 0.0439. The zero-order valence-electron chi connectivity index (χ0n) is 12.2. The smallest absolute Gasteiger partial charge is 0.237 e. The molecule has 2 heterocycles. The lowest BCUT2D eigenvalue weighted by Gasteiger charge is -2.36. The second kappa shape index (κ2) is 7.22. The van der Waals surface area contributed by atoms with E-state index < -0.39 is 0 Å². The standard InChI is InChI=1S/C14H27N3O2/c1-11(17-7-3-5-12(10-17)15-2)14(18)16-9-13-6-4-8-19-13/h11-13,15H,3-10H2,1-2H3,(H,16,18). The molecule has 2 rings (SSSR count). The summed E-state index contributed by atoms with van der Waals surface area (Å²) in [5.74, 6) is 0.132. The van der Waals surface area contributed by atoms with E-state index in [0.29, 0.717) is 12.6 Å². The van der Waals surface area contributed by atoms with E-state index in [0.717, 1.165) is 39.0 Å². The van der Waals surface area contributed by atoms with Gasteiger partial charge in [0.15, 0.2) is 0 Å². The number of rotatable bonds is 5. The first-order valence-electron chi connectivity index (χ1n) is 7.51. The van der Waals surface area contributed by atoms with Crippen LogP contribution < -0.4 is 10.6 Å². The third-order valence-corrected chi connectivity index (χ3v) is 4.32. The largest absolute Gasteiger partial charge is 0.376 e. The molecule has 0 aliphatic carbocycles. The van der Waals surface area contributed by atoms with Gasteiger partial charge >= 0.3 is 0 Å². The van der Waals surface area contributed by atoms with Gasteiger partial charge in [0.05, 0.1) is 12.1 Å². The van der Waals surface area contributed by atoms with Gasteiger partial charge in [0.2, 0.25) is 5.91 Å². The summed E-state index contributed by atoms with van der Waals surface area (Å²) in [6, 6.07) is 0.472. The molecular weight excluding hydrogens is 242 g/mol. The van der Waals surface area contributed by atoms with Gasteiger partial charge in [0.25, 0.3) is 0 Å². The molecule has 2 aliphatic heterocycles. The van der Waals surface area contributed by atoms with Crippen LogP contribution in [-0.2, 0) is 9.53 Å². The first-order valence-corrected chi connectivity index (χ1v) is 7.51. The normalized spacial score (nSPS) is 30.2. The van der Waals surface area contributed by atoms with Crippen LogP contribution in [0.2, 0.25) is 0 Å². The van der Waals surface area contributed by atoms with E-state index in [4.69, 9.17) is 4.74 Å². The molecule has 0 aromatic rings. The van der Waals surface area contributed by atoms with Crippen molar-refractivity contribution >= 4 is 5.91 Å². The Kier molecular flexibility index (Phi) is 5.60. The Bertz CT molecular complexity index is 292. The molecule has 0 saturated carbocycles. The van der Waals surface area contributed by atoms with Crippen molar-refractivity contribution in [1.29, 1.82) is 0 Å². The van der Waals surface area contributed by atoms with Gasteiger partial charge in [-0.15, -0.1) is 0 Å². The Morgan fingerprint density at radius 3 is 2.95 bits per heavy atom. The number of hydrogen-bond acceptors (Lipinski definition) is 4. The van der Waals surface area contributed by atoms with Crippen LogP contribution in [0.4, 0.5) is 0 Å². The zero-order chi connectivity index (χ0) is 13.7. The van der Waals surface area contributed by atoms with Crippen molar-refractivity contribution in [2.45, 2.75) is 50.8 Å². The lowest BCUT2D eigenvalue weighted by Crippen LogP contribution is -2.53. The molecule has 2 N–H and O–H groups in total. The maximum atomic E-state index is 12.2. The van der Waals surface area contributed by atoms with Crippen LogP contribution in [-0.4, -0.2) is 62.3 Å². The van der Waals surface area contributed by atoms with Gasteiger partial charge in [-0.05, 0) is 46.2 Å². The Morgan fingerprint density at radius 1 is 1.42 bits per heavy atom. The van der Waals surface area contributed by atoms with Gasteiger partial charge in [0.1, 0.15) is 0 Å². The molecule has 0 aromatic heterocycles. The highest BCUT2D eigenvalue weighted by Crippen LogP contribution is 2.14. The number of carbonyl (C=O) groups excluding carboxylic acids is 1. The third-order valence-electron chi connectivity index (χ3n) is 4.32. The maximum Gasteiger partial charge on any atom is 0.237 e. The molecule has 3 atom stereocenters. The van der Waals surface area contributed by atoms with Gasteiger partial charge in [-0.25, -0.2) is 0 Å². The summed E-state index contributed by atoms with van der Waals surface area (Å²) in [6.45, 7) is 5.49. The highest BCUT2D eigenvalue weighted by Gasteiger charge is 2.27. The number of likely N-dealkylation sites (tertiary alicyclic amines) is 1. The molecular formula is C14H27N3O2. The highest BCUT2D eigenvalue weighted by atomic mass is 16.5. The van der Waals surface area contributed by atoms with E-state index in [1.54, 1.807) is 0 Å². The van der Waals surface area contributed by atoms with Crippen molar-refractivity contribution < 1.29 is 9.53 Å². The molecule has 2 fully saturated rings. The minimum atomic E-state index is -0.0439. The fourth-order valence-corrected chi connectivity index (χ4v) is 2.93. The summed E-state index contributed by atoms with van der Waals surface area (Å²) < 4.78 is 5.52. The molecule has 3 unspecified atom stereocenters. The maximum absolute atomic E-state index is 12.2. The van der Waals surface area contributed by atoms with E-state index in [9.17, 15) is 4.79 Å². The van der Waals surface area contributed by atoms with Crippen molar-refractivity contribution in [3.8, 4) is 0 Å². The van der Waals surface area contributed by atoms with Gasteiger partial charge < -0.3 is 15.4 Å². The Balaban J connectivity index is 1.74. The van der Waals surface area contributed by atoms with Crippen molar-refractivity contribution in [2.24, 2.45) is 0 Å². The summed E-state index contributed by atoms with van der Waals surface area (Å²) in [6.07, 6.45) is 4.78. The second-order valence-corrected chi connectivity index (χ2v) is 5.68. The van der Waals surface area contributed by atoms with Gasteiger partial charge in [-0.1, -0.05) is 0 Å². The predicted molar refractivity (Wildman–Crippen MR) is 75.1 cm³/mol. The molecule has 5 heteroatoms. The molecule has 2 saturated heterocycles. The number of nitrogens with one attached hydrogen (secondary N) is 2. The summed E-state index contributed by atoms with van der Waals surface area (Å²) in [5, 5.41) is 6.34. The van der Waals surface area contributed by atoms with Crippen LogP contribution in [0, 0.1) is 0 Å². The fourth-order valence-electron chi connectivity index (χ4n) is 2.93. The number of amides is 1. The first kappa shape index (κ1) is 14.8. The van der Waals surface area contributed by atoms with Crippen molar-refractivity contribution in [2.75, 3.05) is 33.3 Å². The SMILES string of the molecule is CNC1CCCN(C(C)C(=O)NCC2CCCO2)C1. The monoisotopic (exact) mass is 269 g/mol. The van der Waals surface area contributed by atoms with Crippen LogP contribution in [0.25, 0.3) is 0 Å². The van der Waals surface area contributed by atoms with E-state index in [2.05, 4.69) is 15.5 Å². The van der Waals surface area contributed by atoms with Gasteiger partial charge in [-0.3, -0.25) is 9.69 Å². The molecule has 19 heavy (non-hydrogen) atoms. The molecule has 0 radical (unpaired) electrons. The average Bonchev–Trinajstić information content (AvgIpc) is 2.97. The zero-order valence-corrected chi connectivity index (χ0v) is 12.2. The third kappa shape index (κ3) is 4.16. The molecule has 0 aromatic carbocycles. The summed E-state index contributed by atoms with van der Waals surface area (Å²) >= 11 is 0. The van der Waals surface area contributed by atoms with E-state index >= 15 is 0 Å². The number of carbonyl (C=O) groups is 1. The Hall–Kier alpha value is -0.650. The lowest BCUT2D eigenvalue weighted by atomic mass is 10.0. The van der Waals surface area contributed by atoms with E-state index in [1.165, 1.54) is 6.42 Å². The molecule has 110 valence electrons. The molecule has 2 aliphatic rings.